The van der Waals surface area contributed by atoms with Gasteiger partial charge in [-0.25, -0.2) is 9.37 Å². The van der Waals surface area contributed by atoms with E-state index in [0.717, 1.165) is 5.56 Å². The number of imidazole rings is 1. The third kappa shape index (κ3) is 2.08. The van der Waals surface area contributed by atoms with Crippen molar-refractivity contribution >= 4 is 5.91 Å². The first-order chi connectivity index (χ1) is 7.66. The zero-order valence-corrected chi connectivity index (χ0v) is 8.43. The van der Waals surface area contributed by atoms with Crippen LogP contribution in [0.25, 0.3) is 0 Å². The highest BCUT2D eigenvalue weighted by atomic mass is 19.1. The van der Waals surface area contributed by atoms with Crippen molar-refractivity contribution in [2.45, 2.75) is 6.54 Å². The summed E-state index contributed by atoms with van der Waals surface area (Å²) in [6.07, 6.45) is 3.12. The van der Waals surface area contributed by atoms with Crippen molar-refractivity contribution in [3.8, 4) is 0 Å². The Balaban J connectivity index is 2.27. The second-order valence-electron chi connectivity index (χ2n) is 3.37. The molecule has 0 radical (unpaired) electrons. The number of benzene rings is 1. The molecule has 4 nitrogen and oxygen atoms in total. The number of halogens is 1. The fraction of sp³-hybridized carbons (Fsp3) is 0.0909. The van der Waals surface area contributed by atoms with Crippen molar-refractivity contribution < 1.29 is 9.18 Å². The van der Waals surface area contributed by atoms with Crippen LogP contribution in [0.15, 0.2) is 36.7 Å². The number of aromatic nitrogens is 2. The minimum atomic E-state index is -0.596. The molecule has 1 amide bonds. The van der Waals surface area contributed by atoms with Gasteiger partial charge in [-0.2, -0.15) is 0 Å². The summed E-state index contributed by atoms with van der Waals surface area (Å²) >= 11 is 0. The lowest BCUT2D eigenvalue weighted by Gasteiger charge is -2.05. The number of carbonyl (C=O) groups excluding carboxylic acids is 1. The highest BCUT2D eigenvalue weighted by molar-refractivity contribution is 5.89. The average molecular weight is 219 g/mol. The van der Waals surface area contributed by atoms with Crippen LogP contribution in [-0.2, 0) is 6.54 Å². The predicted molar refractivity (Wildman–Crippen MR) is 56.2 cm³/mol. The van der Waals surface area contributed by atoms with Gasteiger partial charge < -0.3 is 10.3 Å². The Bertz CT molecular complexity index is 521. The van der Waals surface area contributed by atoms with Gasteiger partial charge in [0.25, 0.3) is 5.91 Å². The summed E-state index contributed by atoms with van der Waals surface area (Å²) in [7, 11) is 0. The fourth-order valence-electron chi connectivity index (χ4n) is 1.49. The molecule has 2 aromatic rings. The predicted octanol–water partition coefficient (Wildman–Crippen LogP) is 1.17. The Hall–Kier alpha value is -2.17. The van der Waals surface area contributed by atoms with Crippen LogP contribution >= 0.6 is 0 Å². The van der Waals surface area contributed by atoms with Gasteiger partial charge in [0.15, 0.2) is 5.82 Å². The third-order valence-electron chi connectivity index (χ3n) is 2.18. The van der Waals surface area contributed by atoms with Crippen LogP contribution in [0.2, 0.25) is 0 Å². The van der Waals surface area contributed by atoms with Crippen molar-refractivity contribution in [3.63, 3.8) is 0 Å². The van der Waals surface area contributed by atoms with Gasteiger partial charge in [0.1, 0.15) is 5.82 Å². The molecule has 82 valence electrons. The number of carbonyl (C=O) groups is 1. The topological polar surface area (TPSA) is 60.9 Å². The van der Waals surface area contributed by atoms with E-state index in [-0.39, 0.29) is 11.6 Å². The molecule has 0 fully saturated rings. The number of primary amides is 1. The van der Waals surface area contributed by atoms with Crippen molar-refractivity contribution in [1.29, 1.82) is 0 Å². The number of amides is 1. The number of hydrogen-bond acceptors (Lipinski definition) is 2. The normalized spacial score (nSPS) is 10.3. The molecule has 0 saturated heterocycles. The lowest BCUT2D eigenvalue weighted by Crippen LogP contribution is -2.18. The molecule has 2 N–H and O–H groups in total. The molecule has 0 aliphatic heterocycles. The second kappa shape index (κ2) is 4.14. The van der Waals surface area contributed by atoms with Crippen LogP contribution in [0, 0.1) is 5.82 Å². The van der Waals surface area contributed by atoms with Crippen molar-refractivity contribution in [2.75, 3.05) is 0 Å². The van der Waals surface area contributed by atoms with Crippen LogP contribution in [0.5, 0.6) is 0 Å². The minimum Gasteiger partial charge on any atom is -0.363 e. The molecule has 2 rings (SSSR count). The molecule has 5 heteroatoms. The Morgan fingerprint density at radius 2 is 2.31 bits per heavy atom. The van der Waals surface area contributed by atoms with Gasteiger partial charge in [-0.05, 0) is 17.7 Å². The summed E-state index contributed by atoms with van der Waals surface area (Å²) in [6.45, 7) is 0.371. The van der Waals surface area contributed by atoms with E-state index in [2.05, 4.69) is 4.98 Å². The van der Waals surface area contributed by atoms with Crippen LogP contribution in [0.3, 0.4) is 0 Å². The maximum Gasteiger partial charge on any atom is 0.284 e. The third-order valence-corrected chi connectivity index (χ3v) is 2.18. The molecule has 0 spiro atoms. The maximum atomic E-state index is 12.9. The summed E-state index contributed by atoms with van der Waals surface area (Å²) in [6, 6.07) is 6.16. The lowest BCUT2D eigenvalue weighted by atomic mass is 10.2. The highest BCUT2D eigenvalue weighted by Gasteiger charge is 2.08. The smallest absolute Gasteiger partial charge is 0.284 e. The van der Waals surface area contributed by atoms with Crippen LogP contribution in [-0.4, -0.2) is 15.5 Å². The number of rotatable bonds is 3. The van der Waals surface area contributed by atoms with Gasteiger partial charge >= 0.3 is 0 Å². The van der Waals surface area contributed by atoms with E-state index >= 15 is 0 Å². The van der Waals surface area contributed by atoms with Gasteiger partial charge in [0.2, 0.25) is 0 Å². The molecule has 1 heterocycles. The molecule has 1 aromatic heterocycles. The number of hydrogen-bond donors (Lipinski definition) is 1. The first-order valence-electron chi connectivity index (χ1n) is 4.72. The quantitative estimate of drug-likeness (QED) is 0.842. The number of nitrogens with zero attached hydrogens (tertiary/aromatic N) is 2. The lowest BCUT2D eigenvalue weighted by molar-refractivity contribution is 0.0987. The molecule has 0 atom stereocenters. The Kier molecular flexibility index (Phi) is 2.68. The molecular weight excluding hydrogens is 209 g/mol. The van der Waals surface area contributed by atoms with Crippen LogP contribution < -0.4 is 5.73 Å². The Morgan fingerprint density at radius 1 is 1.50 bits per heavy atom. The monoisotopic (exact) mass is 219 g/mol. The largest absolute Gasteiger partial charge is 0.363 e. The van der Waals surface area contributed by atoms with Gasteiger partial charge in [-0.3, -0.25) is 4.79 Å². The summed E-state index contributed by atoms with van der Waals surface area (Å²) < 4.78 is 14.5. The van der Waals surface area contributed by atoms with E-state index in [0.29, 0.717) is 6.54 Å². The second-order valence-corrected chi connectivity index (χ2v) is 3.37. The van der Waals surface area contributed by atoms with Gasteiger partial charge in [0.05, 0.1) is 0 Å². The first-order valence-corrected chi connectivity index (χ1v) is 4.72. The Labute approximate surface area is 91.5 Å². The zero-order chi connectivity index (χ0) is 11.5. The summed E-state index contributed by atoms with van der Waals surface area (Å²) in [5.41, 5.74) is 5.90. The molecule has 0 unspecified atom stereocenters. The van der Waals surface area contributed by atoms with E-state index < -0.39 is 5.91 Å². The molecule has 1 aromatic carbocycles. The van der Waals surface area contributed by atoms with Gasteiger partial charge in [0, 0.05) is 18.9 Å². The van der Waals surface area contributed by atoms with Crippen molar-refractivity contribution in [3.05, 3.63) is 53.9 Å². The Morgan fingerprint density at radius 3 is 3.00 bits per heavy atom. The molecular formula is C11H10FN3O. The fourth-order valence-corrected chi connectivity index (χ4v) is 1.49. The molecule has 0 aliphatic rings. The van der Waals surface area contributed by atoms with Crippen LogP contribution in [0.1, 0.15) is 16.2 Å². The summed E-state index contributed by atoms with van der Waals surface area (Å²) in [4.78, 5) is 14.8. The van der Waals surface area contributed by atoms with E-state index in [1.165, 1.54) is 18.3 Å². The van der Waals surface area contributed by atoms with Crippen molar-refractivity contribution in [2.24, 2.45) is 5.73 Å². The standard InChI is InChI=1S/C11H10FN3O/c12-9-3-1-2-8(6-9)7-15-5-4-14-11(15)10(13)16/h1-6H,7H2,(H2,13,16). The molecule has 0 bridgehead atoms. The molecule has 16 heavy (non-hydrogen) atoms. The van der Waals surface area contributed by atoms with E-state index in [4.69, 9.17) is 5.73 Å². The summed E-state index contributed by atoms with van der Waals surface area (Å²) in [5, 5.41) is 0. The maximum absolute atomic E-state index is 12.9. The van der Waals surface area contributed by atoms with Crippen molar-refractivity contribution in [1.82, 2.24) is 9.55 Å². The average Bonchev–Trinajstić information content (AvgIpc) is 2.66. The van der Waals surface area contributed by atoms with Gasteiger partial charge in [-0.1, -0.05) is 12.1 Å². The van der Waals surface area contributed by atoms with Crippen LogP contribution in [0.4, 0.5) is 4.39 Å². The highest BCUT2D eigenvalue weighted by Crippen LogP contribution is 2.07. The number of nitrogens with two attached hydrogens (primary N) is 1. The first kappa shape index (κ1) is 10.4. The van der Waals surface area contributed by atoms with E-state index in [9.17, 15) is 9.18 Å². The molecule has 0 aliphatic carbocycles. The molecule has 0 saturated carbocycles. The van der Waals surface area contributed by atoms with E-state index in [1.54, 1.807) is 22.9 Å². The van der Waals surface area contributed by atoms with Gasteiger partial charge in [-0.15, -0.1) is 0 Å². The summed E-state index contributed by atoms with van der Waals surface area (Å²) in [5.74, 6) is -0.732. The SMILES string of the molecule is NC(=O)c1nccn1Cc1cccc(F)c1. The zero-order valence-electron chi connectivity index (χ0n) is 8.43. The van der Waals surface area contributed by atoms with E-state index in [1.807, 2.05) is 0 Å². The minimum absolute atomic E-state index is 0.171.